The molecule has 1 aromatic rings. The van der Waals surface area contributed by atoms with Gasteiger partial charge in [0.2, 0.25) is 0 Å². The van der Waals surface area contributed by atoms with Gasteiger partial charge in [0.05, 0.1) is 0 Å². The number of hydrogen-bond donors (Lipinski definition) is 2. The zero-order valence-electron chi connectivity index (χ0n) is 8.26. The summed E-state index contributed by atoms with van der Waals surface area (Å²) < 4.78 is 12.6. The Morgan fingerprint density at radius 3 is 1.88 bits per heavy atom. The third-order valence-corrected chi connectivity index (χ3v) is 1.84. The summed E-state index contributed by atoms with van der Waals surface area (Å²) in [5, 5.41) is 17.2. The van der Waals surface area contributed by atoms with E-state index in [1.165, 1.54) is 12.1 Å². The van der Waals surface area contributed by atoms with Crippen LogP contribution in [0.5, 0.6) is 0 Å². The van der Waals surface area contributed by atoms with Crippen LogP contribution in [0.15, 0.2) is 24.3 Å². The zero-order chi connectivity index (χ0) is 12.1. The molecule has 0 aliphatic rings. The molecule has 5 nitrogen and oxygen atoms in total. The average molecular weight is 227 g/mol. The van der Waals surface area contributed by atoms with Crippen molar-refractivity contribution in [3.05, 3.63) is 30.1 Å². The molecule has 0 saturated carbocycles. The number of benzene rings is 1. The Kier molecular flexibility index (Phi) is 3.82. The molecular formula is C10H10FNO4. The number of carbonyl (C=O) groups is 2. The van der Waals surface area contributed by atoms with Crippen LogP contribution in [0.25, 0.3) is 0 Å². The second-order valence-corrected chi connectivity index (χ2v) is 3.12. The second-order valence-electron chi connectivity index (χ2n) is 3.12. The lowest BCUT2D eigenvalue weighted by Crippen LogP contribution is -2.34. The predicted octanol–water partition coefficient (Wildman–Crippen LogP) is 0.801. The number of carboxylic acid groups (broad SMARTS) is 2. The van der Waals surface area contributed by atoms with Gasteiger partial charge in [0.1, 0.15) is 18.9 Å². The summed E-state index contributed by atoms with van der Waals surface area (Å²) in [5.41, 5.74) is 0.353. The average Bonchev–Trinajstić information content (AvgIpc) is 2.16. The molecule has 16 heavy (non-hydrogen) atoms. The van der Waals surface area contributed by atoms with Crippen LogP contribution in [0, 0.1) is 5.82 Å². The fourth-order valence-corrected chi connectivity index (χ4v) is 1.22. The Hall–Kier alpha value is -2.11. The van der Waals surface area contributed by atoms with Gasteiger partial charge in [-0.15, -0.1) is 0 Å². The molecular weight excluding hydrogens is 217 g/mol. The summed E-state index contributed by atoms with van der Waals surface area (Å²) in [4.78, 5) is 22.2. The van der Waals surface area contributed by atoms with E-state index in [4.69, 9.17) is 10.2 Å². The molecule has 0 heterocycles. The van der Waals surface area contributed by atoms with Crippen LogP contribution in [0.4, 0.5) is 10.1 Å². The number of halogens is 1. The van der Waals surface area contributed by atoms with Crippen molar-refractivity contribution in [2.45, 2.75) is 0 Å². The molecule has 0 fully saturated rings. The van der Waals surface area contributed by atoms with Gasteiger partial charge in [0.15, 0.2) is 0 Å². The van der Waals surface area contributed by atoms with Crippen LogP contribution in [0.2, 0.25) is 0 Å². The molecule has 0 aliphatic heterocycles. The molecule has 0 saturated heterocycles. The molecule has 86 valence electrons. The van der Waals surface area contributed by atoms with Gasteiger partial charge in [-0.1, -0.05) is 0 Å². The summed E-state index contributed by atoms with van der Waals surface area (Å²) in [6.07, 6.45) is 0. The van der Waals surface area contributed by atoms with E-state index in [1.54, 1.807) is 0 Å². The van der Waals surface area contributed by atoms with Crippen molar-refractivity contribution in [1.82, 2.24) is 0 Å². The van der Waals surface area contributed by atoms with Gasteiger partial charge >= 0.3 is 11.9 Å². The first-order chi connectivity index (χ1) is 7.49. The molecule has 0 aliphatic carbocycles. The number of aliphatic carboxylic acids is 2. The SMILES string of the molecule is O=C(O)CN(CC(=O)O)c1ccc(F)cc1. The second kappa shape index (κ2) is 5.11. The highest BCUT2D eigenvalue weighted by atomic mass is 19.1. The van der Waals surface area contributed by atoms with Crippen LogP contribution in [0.3, 0.4) is 0 Å². The van der Waals surface area contributed by atoms with Gasteiger partial charge in [-0.2, -0.15) is 0 Å². The summed E-state index contributed by atoms with van der Waals surface area (Å²) in [6.45, 7) is -0.893. The number of nitrogens with zero attached hydrogens (tertiary/aromatic N) is 1. The van der Waals surface area contributed by atoms with E-state index in [9.17, 15) is 14.0 Å². The molecule has 6 heteroatoms. The Morgan fingerprint density at radius 1 is 1.06 bits per heavy atom. The number of rotatable bonds is 5. The molecule has 1 aromatic carbocycles. The van der Waals surface area contributed by atoms with Gasteiger partial charge in [0.25, 0.3) is 0 Å². The maximum atomic E-state index is 12.6. The highest BCUT2D eigenvalue weighted by Crippen LogP contribution is 2.14. The Morgan fingerprint density at radius 2 is 1.50 bits per heavy atom. The van der Waals surface area contributed by atoms with Crippen molar-refractivity contribution in [1.29, 1.82) is 0 Å². The smallest absolute Gasteiger partial charge is 0.323 e. The maximum absolute atomic E-state index is 12.6. The van der Waals surface area contributed by atoms with Crippen LogP contribution in [-0.2, 0) is 9.59 Å². The Bertz CT molecular complexity index is 374. The lowest BCUT2D eigenvalue weighted by molar-refractivity contribution is -0.136. The van der Waals surface area contributed by atoms with E-state index in [-0.39, 0.29) is 0 Å². The normalized spacial score (nSPS) is 9.81. The predicted molar refractivity (Wildman–Crippen MR) is 53.9 cm³/mol. The van der Waals surface area contributed by atoms with Crippen molar-refractivity contribution < 1.29 is 24.2 Å². The highest BCUT2D eigenvalue weighted by molar-refractivity contribution is 5.79. The van der Waals surface area contributed by atoms with Crippen LogP contribution in [-0.4, -0.2) is 35.2 Å². The third kappa shape index (κ3) is 3.56. The Balaban J connectivity index is 2.86. The topological polar surface area (TPSA) is 77.8 Å². The van der Waals surface area contributed by atoms with E-state index in [0.717, 1.165) is 17.0 Å². The summed E-state index contributed by atoms with van der Waals surface area (Å²) in [6, 6.07) is 4.96. The van der Waals surface area contributed by atoms with Crippen molar-refractivity contribution in [3.8, 4) is 0 Å². The molecule has 0 atom stereocenters. The fraction of sp³-hybridized carbons (Fsp3) is 0.200. The molecule has 0 spiro atoms. The highest BCUT2D eigenvalue weighted by Gasteiger charge is 2.13. The molecule has 0 aromatic heterocycles. The van der Waals surface area contributed by atoms with Crippen molar-refractivity contribution >= 4 is 17.6 Å². The van der Waals surface area contributed by atoms with Crippen molar-refractivity contribution in [3.63, 3.8) is 0 Å². The van der Waals surface area contributed by atoms with Gasteiger partial charge in [-0.05, 0) is 24.3 Å². The molecule has 0 unspecified atom stereocenters. The minimum atomic E-state index is -1.15. The summed E-state index contributed by atoms with van der Waals surface area (Å²) in [7, 11) is 0. The van der Waals surface area contributed by atoms with Crippen LogP contribution >= 0.6 is 0 Å². The largest absolute Gasteiger partial charge is 0.480 e. The monoisotopic (exact) mass is 227 g/mol. The quantitative estimate of drug-likeness (QED) is 0.778. The molecule has 1 rings (SSSR count). The summed E-state index contributed by atoms with van der Waals surface area (Å²) >= 11 is 0. The minimum Gasteiger partial charge on any atom is -0.480 e. The third-order valence-electron chi connectivity index (χ3n) is 1.84. The van der Waals surface area contributed by atoms with Crippen LogP contribution < -0.4 is 4.90 Å². The minimum absolute atomic E-state index is 0.353. The van der Waals surface area contributed by atoms with E-state index in [0.29, 0.717) is 5.69 Å². The molecule has 0 radical (unpaired) electrons. The lowest BCUT2D eigenvalue weighted by atomic mass is 10.2. The van der Waals surface area contributed by atoms with Gasteiger partial charge < -0.3 is 15.1 Å². The standard InChI is InChI=1S/C10H10FNO4/c11-7-1-3-8(4-2-7)12(5-9(13)14)6-10(15)16/h1-4H,5-6H2,(H,13,14)(H,15,16). The van der Waals surface area contributed by atoms with Gasteiger partial charge in [-0.3, -0.25) is 9.59 Å². The van der Waals surface area contributed by atoms with Crippen molar-refractivity contribution in [2.24, 2.45) is 0 Å². The Labute approximate surface area is 90.7 Å². The van der Waals surface area contributed by atoms with E-state index >= 15 is 0 Å². The summed E-state index contributed by atoms with van der Waals surface area (Å²) in [5.74, 6) is -2.76. The molecule has 0 bridgehead atoms. The van der Waals surface area contributed by atoms with E-state index < -0.39 is 30.8 Å². The number of anilines is 1. The van der Waals surface area contributed by atoms with Gasteiger partial charge in [0, 0.05) is 5.69 Å². The number of hydrogen-bond acceptors (Lipinski definition) is 3. The lowest BCUT2D eigenvalue weighted by Gasteiger charge is -2.20. The van der Waals surface area contributed by atoms with E-state index in [1.807, 2.05) is 0 Å². The maximum Gasteiger partial charge on any atom is 0.323 e. The first kappa shape index (κ1) is 12.0. The zero-order valence-corrected chi connectivity index (χ0v) is 8.26. The van der Waals surface area contributed by atoms with Crippen LogP contribution in [0.1, 0.15) is 0 Å². The van der Waals surface area contributed by atoms with E-state index in [2.05, 4.69) is 0 Å². The first-order valence-electron chi connectivity index (χ1n) is 4.43. The first-order valence-corrected chi connectivity index (χ1v) is 4.43. The fourth-order valence-electron chi connectivity index (χ4n) is 1.22. The van der Waals surface area contributed by atoms with Gasteiger partial charge in [-0.25, -0.2) is 4.39 Å². The van der Waals surface area contributed by atoms with Crippen molar-refractivity contribution in [2.75, 3.05) is 18.0 Å². The number of carboxylic acids is 2. The molecule has 0 amide bonds. The molecule has 2 N–H and O–H groups in total.